The highest BCUT2D eigenvalue weighted by atomic mass is 16.5. The highest BCUT2D eigenvalue weighted by Crippen LogP contribution is 2.25. The van der Waals surface area contributed by atoms with E-state index in [9.17, 15) is 4.79 Å². The maximum atomic E-state index is 12.1. The molecule has 110 valence electrons. The fourth-order valence-corrected chi connectivity index (χ4v) is 2.15. The van der Waals surface area contributed by atoms with Gasteiger partial charge in [-0.3, -0.25) is 4.79 Å². The van der Waals surface area contributed by atoms with Crippen molar-refractivity contribution in [2.45, 2.75) is 13.5 Å². The number of rotatable bonds is 5. The largest absolute Gasteiger partial charge is 0.380 e. The van der Waals surface area contributed by atoms with E-state index in [1.54, 1.807) is 11.0 Å². The summed E-state index contributed by atoms with van der Waals surface area (Å²) in [7, 11) is 0. The lowest BCUT2D eigenvalue weighted by atomic mass is 9.88. The minimum Gasteiger partial charge on any atom is -0.380 e. The van der Waals surface area contributed by atoms with Crippen LogP contribution in [0, 0.1) is 5.41 Å². The van der Waals surface area contributed by atoms with Crippen LogP contribution in [0.25, 0.3) is 0 Å². The molecule has 1 amide bonds. The molecule has 2 heterocycles. The average molecular weight is 287 g/mol. The van der Waals surface area contributed by atoms with Gasteiger partial charge < -0.3 is 10.1 Å². The monoisotopic (exact) mass is 287 g/mol. The Kier molecular flexibility index (Phi) is 3.66. The molecule has 0 unspecified atom stereocenters. The van der Waals surface area contributed by atoms with Crippen LogP contribution < -0.4 is 5.32 Å². The number of aromatic nitrogens is 4. The molecular weight excluding hydrogens is 270 g/mol. The standard InChI is InChI=1S/C14H17N5O2/c1-14(8-21-9-14)7-15-13(20)12-4-2-11(3-5-12)6-19-10-16-17-18-19/h2-5,10H,6-9H2,1H3,(H,15,20). The summed E-state index contributed by atoms with van der Waals surface area (Å²) in [6, 6.07) is 7.44. The Morgan fingerprint density at radius 2 is 2.14 bits per heavy atom. The third-order valence-electron chi connectivity index (χ3n) is 3.53. The quantitative estimate of drug-likeness (QED) is 0.865. The molecule has 2 aromatic rings. The zero-order chi connectivity index (χ0) is 14.7. The van der Waals surface area contributed by atoms with E-state index in [1.807, 2.05) is 24.3 Å². The molecule has 1 aromatic carbocycles. The second-order valence-corrected chi connectivity index (χ2v) is 5.69. The van der Waals surface area contributed by atoms with Gasteiger partial charge in [0.05, 0.1) is 19.8 Å². The zero-order valence-corrected chi connectivity index (χ0v) is 11.8. The second-order valence-electron chi connectivity index (χ2n) is 5.69. The molecule has 1 saturated heterocycles. The molecule has 3 rings (SSSR count). The molecule has 0 atom stereocenters. The van der Waals surface area contributed by atoms with Crippen LogP contribution in [0.3, 0.4) is 0 Å². The lowest BCUT2D eigenvalue weighted by molar-refractivity contribution is -0.0978. The van der Waals surface area contributed by atoms with E-state index in [0.29, 0.717) is 31.9 Å². The van der Waals surface area contributed by atoms with E-state index in [0.717, 1.165) is 5.56 Å². The van der Waals surface area contributed by atoms with Gasteiger partial charge in [0.25, 0.3) is 5.91 Å². The van der Waals surface area contributed by atoms with Crippen molar-refractivity contribution >= 4 is 5.91 Å². The number of benzene rings is 1. The summed E-state index contributed by atoms with van der Waals surface area (Å²) in [5.41, 5.74) is 1.77. The van der Waals surface area contributed by atoms with E-state index >= 15 is 0 Å². The molecule has 1 fully saturated rings. The normalized spacial score (nSPS) is 16.2. The number of amides is 1. The predicted octanol–water partition coefficient (Wildman–Crippen LogP) is 0.488. The number of carbonyl (C=O) groups is 1. The van der Waals surface area contributed by atoms with Crippen molar-refractivity contribution in [1.29, 1.82) is 0 Å². The maximum Gasteiger partial charge on any atom is 0.251 e. The summed E-state index contributed by atoms with van der Waals surface area (Å²) < 4.78 is 6.80. The van der Waals surface area contributed by atoms with E-state index in [4.69, 9.17) is 4.74 Å². The molecule has 0 aliphatic carbocycles. The number of hydrogen-bond donors (Lipinski definition) is 1. The lowest BCUT2D eigenvalue weighted by Crippen LogP contribution is -2.48. The van der Waals surface area contributed by atoms with Crippen LogP contribution in [0.1, 0.15) is 22.8 Å². The van der Waals surface area contributed by atoms with Crippen molar-refractivity contribution < 1.29 is 9.53 Å². The molecule has 7 heteroatoms. The Morgan fingerprint density at radius 1 is 1.38 bits per heavy atom. The minimum absolute atomic E-state index is 0.0582. The van der Waals surface area contributed by atoms with Gasteiger partial charge in [0.2, 0.25) is 0 Å². The Labute approximate surface area is 122 Å². The van der Waals surface area contributed by atoms with Gasteiger partial charge in [0.15, 0.2) is 0 Å². The summed E-state index contributed by atoms with van der Waals surface area (Å²) in [4.78, 5) is 12.1. The molecular formula is C14H17N5O2. The van der Waals surface area contributed by atoms with Crippen LogP contribution in [-0.4, -0.2) is 45.9 Å². The van der Waals surface area contributed by atoms with Gasteiger partial charge >= 0.3 is 0 Å². The summed E-state index contributed by atoms with van der Waals surface area (Å²) in [5.74, 6) is -0.0582. The fourth-order valence-electron chi connectivity index (χ4n) is 2.15. The third-order valence-corrected chi connectivity index (χ3v) is 3.53. The number of tetrazole rings is 1. The van der Waals surface area contributed by atoms with Gasteiger partial charge in [0.1, 0.15) is 6.33 Å². The number of ether oxygens (including phenoxy) is 1. The number of hydrogen-bond acceptors (Lipinski definition) is 5. The predicted molar refractivity (Wildman–Crippen MR) is 74.6 cm³/mol. The minimum atomic E-state index is -0.0582. The number of nitrogens with one attached hydrogen (secondary N) is 1. The number of carbonyl (C=O) groups excluding carboxylic acids is 1. The average Bonchev–Trinajstić information content (AvgIpc) is 2.96. The highest BCUT2D eigenvalue weighted by Gasteiger charge is 2.33. The first-order valence-corrected chi connectivity index (χ1v) is 6.80. The molecule has 1 aromatic heterocycles. The van der Waals surface area contributed by atoms with Crippen LogP contribution in [0.5, 0.6) is 0 Å². The van der Waals surface area contributed by atoms with Crippen molar-refractivity contribution in [3.8, 4) is 0 Å². The molecule has 7 nitrogen and oxygen atoms in total. The summed E-state index contributed by atoms with van der Waals surface area (Å²) in [6.07, 6.45) is 1.56. The molecule has 1 aliphatic rings. The van der Waals surface area contributed by atoms with E-state index in [2.05, 4.69) is 27.8 Å². The third kappa shape index (κ3) is 3.25. The molecule has 0 saturated carbocycles. The van der Waals surface area contributed by atoms with Crippen LogP contribution in [0.4, 0.5) is 0 Å². The van der Waals surface area contributed by atoms with Gasteiger partial charge in [-0.1, -0.05) is 19.1 Å². The van der Waals surface area contributed by atoms with Gasteiger partial charge in [-0.2, -0.15) is 0 Å². The molecule has 1 N–H and O–H groups in total. The second kappa shape index (κ2) is 5.61. The lowest BCUT2D eigenvalue weighted by Gasteiger charge is -2.38. The first-order valence-electron chi connectivity index (χ1n) is 6.80. The van der Waals surface area contributed by atoms with Gasteiger partial charge in [-0.25, -0.2) is 4.68 Å². The molecule has 0 radical (unpaired) electrons. The Balaban J connectivity index is 1.57. The first-order chi connectivity index (χ1) is 10.1. The van der Waals surface area contributed by atoms with Crippen LogP contribution in [0.15, 0.2) is 30.6 Å². The van der Waals surface area contributed by atoms with E-state index in [1.165, 1.54) is 0 Å². The van der Waals surface area contributed by atoms with Crippen molar-refractivity contribution in [3.05, 3.63) is 41.7 Å². The zero-order valence-electron chi connectivity index (χ0n) is 11.8. The van der Waals surface area contributed by atoms with Crippen molar-refractivity contribution in [2.75, 3.05) is 19.8 Å². The molecule has 21 heavy (non-hydrogen) atoms. The SMILES string of the molecule is CC1(CNC(=O)c2ccc(Cn3cnnn3)cc2)COC1. The van der Waals surface area contributed by atoms with Gasteiger partial charge in [0, 0.05) is 17.5 Å². The van der Waals surface area contributed by atoms with Crippen molar-refractivity contribution in [1.82, 2.24) is 25.5 Å². The summed E-state index contributed by atoms with van der Waals surface area (Å²) in [5, 5.41) is 13.9. The van der Waals surface area contributed by atoms with Gasteiger partial charge in [-0.15, -0.1) is 5.10 Å². The fraction of sp³-hybridized carbons (Fsp3) is 0.429. The molecule has 1 aliphatic heterocycles. The van der Waals surface area contributed by atoms with E-state index < -0.39 is 0 Å². The Hall–Kier alpha value is -2.28. The van der Waals surface area contributed by atoms with E-state index in [-0.39, 0.29) is 11.3 Å². The van der Waals surface area contributed by atoms with Crippen LogP contribution >= 0.6 is 0 Å². The first kappa shape index (κ1) is 13.7. The Morgan fingerprint density at radius 3 is 2.71 bits per heavy atom. The van der Waals surface area contributed by atoms with Gasteiger partial charge in [-0.05, 0) is 28.1 Å². The topological polar surface area (TPSA) is 81.9 Å². The summed E-state index contributed by atoms with van der Waals surface area (Å²) >= 11 is 0. The smallest absolute Gasteiger partial charge is 0.251 e. The Bertz CT molecular complexity index is 605. The molecule has 0 spiro atoms. The summed E-state index contributed by atoms with van der Waals surface area (Å²) in [6.45, 7) is 4.74. The van der Waals surface area contributed by atoms with Crippen LogP contribution in [0.2, 0.25) is 0 Å². The van der Waals surface area contributed by atoms with Crippen molar-refractivity contribution in [3.63, 3.8) is 0 Å². The number of nitrogens with zero attached hydrogens (tertiary/aromatic N) is 4. The maximum absolute atomic E-state index is 12.1. The molecule has 0 bridgehead atoms. The van der Waals surface area contributed by atoms with Crippen molar-refractivity contribution in [2.24, 2.45) is 5.41 Å². The highest BCUT2D eigenvalue weighted by molar-refractivity contribution is 5.94. The van der Waals surface area contributed by atoms with Crippen LogP contribution in [-0.2, 0) is 11.3 Å².